The van der Waals surface area contributed by atoms with Crippen molar-refractivity contribution in [3.63, 3.8) is 0 Å². The second-order valence-corrected chi connectivity index (χ2v) is 7.24. The fourth-order valence-corrected chi connectivity index (χ4v) is 3.63. The molecule has 0 radical (unpaired) electrons. The summed E-state index contributed by atoms with van der Waals surface area (Å²) in [7, 11) is 4.61. The monoisotopic (exact) mass is 414 g/mol. The van der Waals surface area contributed by atoms with Crippen LogP contribution < -0.4 is 15.4 Å². The Morgan fingerprint density at radius 1 is 1.14 bits per heavy atom. The van der Waals surface area contributed by atoms with E-state index in [2.05, 4.69) is 10.6 Å². The molecule has 2 aromatic carbocycles. The molecule has 2 N–H and O–H groups in total. The maximum Gasteiger partial charge on any atom is 0.262 e. The van der Waals surface area contributed by atoms with Gasteiger partial charge in [0.15, 0.2) is 6.29 Å². The summed E-state index contributed by atoms with van der Waals surface area (Å²) >= 11 is 1.36. The Bertz CT molecular complexity index is 923. The van der Waals surface area contributed by atoms with E-state index in [4.69, 9.17) is 14.2 Å². The molecule has 0 aromatic heterocycles. The lowest BCUT2D eigenvalue weighted by Crippen LogP contribution is -2.34. The Morgan fingerprint density at radius 2 is 1.86 bits per heavy atom. The topological polar surface area (TPSA) is 85.9 Å². The van der Waals surface area contributed by atoms with Crippen molar-refractivity contribution in [1.82, 2.24) is 5.32 Å². The molecule has 2 aromatic rings. The fourth-order valence-electron chi connectivity index (χ4n) is 2.69. The van der Waals surface area contributed by atoms with E-state index in [0.29, 0.717) is 16.2 Å². The highest BCUT2D eigenvalue weighted by atomic mass is 32.2. The number of methoxy groups -OCH3 is 3. The number of rotatable bonds is 7. The van der Waals surface area contributed by atoms with E-state index in [1.165, 1.54) is 26.0 Å². The van der Waals surface area contributed by atoms with Crippen molar-refractivity contribution in [2.45, 2.75) is 11.2 Å². The Balaban J connectivity index is 1.73. The molecule has 0 fully saturated rings. The summed E-state index contributed by atoms with van der Waals surface area (Å²) in [4.78, 5) is 26.3. The van der Waals surface area contributed by atoms with E-state index in [-0.39, 0.29) is 18.4 Å². The zero-order valence-electron chi connectivity index (χ0n) is 16.4. The van der Waals surface area contributed by atoms with E-state index in [1.807, 2.05) is 36.4 Å². The molecule has 2 amide bonds. The maximum absolute atomic E-state index is 12.5. The average Bonchev–Trinajstić information content (AvgIpc) is 2.75. The normalized spacial score (nSPS) is 14.5. The first-order valence-corrected chi connectivity index (χ1v) is 9.68. The lowest BCUT2D eigenvalue weighted by molar-refractivity contribution is -0.112. The number of amides is 2. The van der Waals surface area contributed by atoms with Gasteiger partial charge in [0.05, 0.1) is 24.2 Å². The number of benzene rings is 2. The van der Waals surface area contributed by atoms with E-state index in [1.54, 1.807) is 19.2 Å². The molecular formula is C21H22N2O5S. The van der Waals surface area contributed by atoms with Crippen LogP contribution in [0.15, 0.2) is 52.3 Å². The molecule has 1 aliphatic heterocycles. The molecule has 3 rings (SSSR count). The zero-order chi connectivity index (χ0) is 20.8. The standard InChI is InChI=1S/C21H22N2O5S/c1-26-15-7-4-13(5-8-15)10-18-21(25)23-16-11-14(6-9-17(16)29-18)20(24)22-12-19(27-2)28-3/h4-11,19H,12H2,1-3H3,(H,22,24)(H,23,25). The third-order valence-corrected chi connectivity index (χ3v) is 5.40. The van der Waals surface area contributed by atoms with Gasteiger partial charge in [-0.3, -0.25) is 9.59 Å². The summed E-state index contributed by atoms with van der Waals surface area (Å²) in [5.74, 6) is 0.270. The first kappa shape index (κ1) is 20.9. The summed E-state index contributed by atoms with van der Waals surface area (Å²) < 4.78 is 15.3. The van der Waals surface area contributed by atoms with Gasteiger partial charge in [-0.05, 0) is 42.0 Å². The van der Waals surface area contributed by atoms with Crippen molar-refractivity contribution < 1.29 is 23.8 Å². The van der Waals surface area contributed by atoms with Crippen LogP contribution in [-0.2, 0) is 14.3 Å². The van der Waals surface area contributed by atoms with Gasteiger partial charge in [0.1, 0.15) is 5.75 Å². The number of nitrogens with one attached hydrogen (secondary N) is 2. The van der Waals surface area contributed by atoms with Gasteiger partial charge in [-0.25, -0.2) is 0 Å². The minimum Gasteiger partial charge on any atom is -0.497 e. The van der Waals surface area contributed by atoms with Crippen molar-refractivity contribution in [3.05, 3.63) is 58.5 Å². The van der Waals surface area contributed by atoms with Crippen LogP contribution in [0.4, 0.5) is 5.69 Å². The smallest absolute Gasteiger partial charge is 0.262 e. The molecule has 1 heterocycles. The average molecular weight is 414 g/mol. The van der Waals surface area contributed by atoms with Crippen molar-refractivity contribution in [2.24, 2.45) is 0 Å². The molecule has 0 aliphatic carbocycles. The zero-order valence-corrected chi connectivity index (χ0v) is 17.2. The van der Waals surface area contributed by atoms with Gasteiger partial charge < -0.3 is 24.8 Å². The van der Waals surface area contributed by atoms with Crippen LogP contribution in [0.1, 0.15) is 15.9 Å². The highest BCUT2D eigenvalue weighted by molar-refractivity contribution is 8.04. The minimum absolute atomic E-state index is 0.213. The van der Waals surface area contributed by atoms with Crippen molar-refractivity contribution in [1.29, 1.82) is 0 Å². The van der Waals surface area contributed by atoms with Crippen LogP contribution in [0, 0.1) is 0 Å². The lowest BCUT2D eigenvalue weighted by atomic mass is 10.1. The molecule has 8 heteroatoms. The number of carbonyl (C=O) groups is 2. The summed E-state index contributed by atoms with van der Waals surface area (Å²) in [5.41, 5.74) is 1.95. The second kappa shape index (κ2) is 9.60. The molecule has 7 nitrogen and oxygen atoms in total. The van der Waals surface area contributed by atoms with Crippen LogP contribution >= 0.6 is 11.8 Å². The fraction of sp³-hybridized carbons (Fsp3) is 0.238. The summed E-state index contributed by atoms with van der Waals surface area (Å²) in [5, 5.41) is 5.59. The van der Waals surface area contributed by atoms with Crippen LogP contribution in [-0.4, -0.2) is 46.0 Å². The van der Waals surface area contributed by atoms with Crippen LogP contribution in [0.3, 0.4) is 0 Å². The predicted octanol–water partition coefficient (Wildman–Crippen LogP) is 3.13. The third kappa shape index (κ3) is 5.17. The summed E-state index contributed by atoms with van der Waals surface area (Å²) in [6.07, 6.45) is 1.30. The molecule has 0 saturated heterocycles. The molecule has 0 bridgehead atoms. The van der Waals surface area contributed by atoms with Crippen molar-refractivity contribution in [2.75, 3.05) is 33.2 Å². The van der Waals surface area contributed by atoms with Crippen LogP contribution in [0.5, 0.6) is 5.75 Å². The van der Waals surface area contributed by atoms with Gasteiger partial charge in [0, 0.05) is 24.7 Å². The predicted molar refractivity (Wildman–Crippen MR) is 112 cm³/mol. The Morgan fingerprint density at radius 3 is 2.52 bits per heavy atom. The first-order valence-electron chi connectivity index (χ1n) is 8.87. The molecule has 0 spiro atoms. The highest BCUT2D eigenvalue weighted by Crippen LogP contribution is 2.39. The van der Waals surface area contributed by atoms with E-state index in [9.17, 15) is 9.59 Å². The highest BCUT2D eigenvalue weighted by Gasteiger charge is 2.22. The lowest BCUT2D eigenvalue weighted by Gasteiger charge is -2.20. The largest absolute Gasteiger partial charge is 0.497 e. The Labute approximate surface area is 173 Å². The minimum atomic E-state index is -0.516. The third-order valence-electron chi connectivity index (χ3n) is 4.30. The number of ether oxygens (including phenoxy) is 3. The van der Waals surface area contributed by atoms with Gasteiger partial charge in [-0.15, -0.1) is 0 Å². The number of hydrogen-bond donors (Lipinski definition) is 2. The Kier molecular flexibility index (Phi) is 6.92. The van der Waals surface area contributed by atoms with E-state index in [0.717, 1.165) is 16.2 Å². The quantitative estimate of drug-likeness (QED) is 0.535. The molecule has 152 valence electrons. The van der Waals surface area contributed by atoms with E-state index < -0.39 is 6.29 Å². The molecule has 0 unspecified atom stereocenters. The van der Waals surface area contributed by atoms with Gasteiger partial charge in [0.25, 0.3) is 11.8 Å². The number of carbonyl (C=O) groups excluding carboxylic acids is 2. The molecular weight excluding hydrogens is 392 g/mol. The van der Waals surface area contributed by atoms with Gasteiger partial charge in [0.2, 0.25) is 0 Å². The van der Waals surface area contributed by atoms with Crippen molar-refractivity contribution >= 4 is 35.3 Å². The summed E-state index contributed by atoms with van der Waals surface area (Å²) in [6, 6.07) is 12.7. The van der Waals surface area contributed by atoms with Crippen molar-refractivity contribution in [3.8, 4) is 5.75 Å². The van der Waals surface area contributed by atoms with E-state index >= 15 is 0 Å². The first-order chi connectivity index (χ1) is 14.0. The van der Waals surface area contributed by atoms with Gasteiger partial charge >= 0.3 is 0 Å². The number of hydrogen-bond acceptors (Lipinski definition) is 6. The maximum atomic E-state index is 12.5. The number of anilines is 1. The Hall–Kier alpha value is -2.81. The van der Waals surface area contributed by atoms with Crippen LogP contribution in [0.25, 0.3) is 6.08 Å². The molecule has 1 aliphatic rings. The second-order valence-electron chi connectivity index (χ2n) is 6.16. The van der Waals surface area contributed by atoms with Crippen LogP contribution in [0.2, 0.25) is 0 Å². The molecule has 0 saturated carbocycles. The summed E-state index contributed by atoms with van der Waals surface area (Å²) in [6.45, 7) is 0.221. The van der Waals surface area contributed by atoms with Gasteiger partial charge in [-0.1, -0.05) is 23.9 Å². The molecule has 29 heavy (non-hydrogen) atoms. The SMILES string of the molecule is COc1ccc(C=C2Sc3ccc(C(=O)NCC(OC)OC)cc3NC2=O)cc1. The number of fused-ring (bicyclic) bond motifs is 1. The van der Waals surface area contributed by atoms with Gasteiger partial charge in [-0.2, -0.15) is 0 Å². The number of thioether (sulfide) groups is 1. The molecule has 0 atom stereocenters.